The highest BCUT2D eigenvalue weighted by molar-refractivity contribution is 8.00. The summed E-state index contributed by atoms with van der Waals surface area (Å²) in [5.74, 6) is 1.42. The maximum atomic E-state index is 11.8. The lowest BCUT2D eigenvalue weighted by Gasteiger charge is -2.22. The Balaban J connectivity index is 1.75. The van der Waals surface area contributed by atoms with Gasteiger partial charge in [-0.1, -0.05) is 6.42 Å². The maximum absolute atomic E-state index is 11.8. The van der Waals surface area contributed by atoms with Crippen LogP contribution in [-0.4, -0.2) is 36.0 Å². The second-order valence-corrected chi connectivity index (χ2v) is 5.36. The Morgan fingerprint density at radius 2 is 2.29 bits per heavy atom. The van der Waals surface area contributed by atoms with Gasteiger partial charge in [-0.2, -0.15) is 0 Å². The van der Waals surface area contributed by atoms with E-state index >= 15 is 0 Å². The zero-order valence-electron chi connectivity index (χ0n) is 8.42. The molecule has 2 saturated heterocycles. The molecule has 0 aromatic carbocycles. The normalized spacial score (nSPS) is 32.9. The fourth-order valence-electron chi connectivity index (χ4n) is 2.02. The molecular formula is C10H18N2OS. The van der Waals surface area contributed by atoms with Gasteiger partial charge in [-0.05, 0) is 31.6 Å². The van der Waals surface area contributed by atoms with E-state index in [1.165, 1.54) is 12.8 Å². The SMILES string of the molecule is O=C(N[C@@H]1CCNC1)C1CCCCS1. The van der Waals surface area contributed by atoms with E-state index in [9.17, 15) is 4.79 Å². The van der Waals surface area contributed by atoms with Gasteiger partial charge in [-0.3, -0.25) is 4.79 Å². The van der Waals surface area contributed by atoms with E-state index in [0.29, 0.717) is 6.04 Å². The minimum absolute atomic E-state index is 0.226. The van der Waals surface area contributed by atoms with E-state index < -0.39 is 0 Å². The highest BCUT2D eigenvalue weighted by Crippen LogP contribution is 2.25. The average molecular weight is 214 g/mol. The summed E-state index contributed by atoms with van der Waals surface area (Å²) < 4.78 is 0. The molecule has 2 aliphatic rings. The van der Waals surface area contributed by atoms with Crippen molar-refractivity contribution < 1.29 is 4.79 Å². The molecular weight excluding hydrogens is 196 g/mol. The minimum atomic E-state index is 0.226. The summed E-state index contributed by atoms with van der Waals surface area (Å²) in [4.78, 5) is 11.8. The lowest BCUT2D eigenvalue weighted by atomic mass is 10.1. The van der Waals surface area contributed by atoms with E-state index in [-0.39, 0.29) is 11.2 Å². The molecule has 0 saturated carbocycles. The molecule has 4 heteroatoms. The van der Waals surface area contributed by atoms with Crippen LogP contribution in [0.1, 0.15) is 25.7 Å². The third-order valence-electron chi connectivity index (χ3n) is 2.88. The number of nitrogens with one attached hydrogen (secondary N) is 2. The summed E-state index contributed by atoms with van der Waals surface area (Å²) in [6.45, 7) is 1.99. The largest absolute Gasteiger partial charge is 0.351 e. The fourth-order valence-corrected chi connectivity index (χ4v) is 3.23. The van der Waals surface area contributed by atoms with Crippen LogP contribution >= 0.6 is 11.8 Å². The second kappa shape index (κ2) is 5.03. The van der Waals surface area contributed by atoms with Crippen LogP contribution in [0.4, 0.5) is 0 Å². The van der Waals surface area contributed by atoms with Gasteiger partial charge >= 0.3 is 0 Å². The Morgan fingerprint density at radius 1 is 1.36 bits per heavy atom. The summed E-state index contributed by atoms with van der Waals surface area (Å²) in [5.41, 5.74) is 0. The molecule has 1 unspecified atom stereocenters. The van der Waals surface area contributed by atoms with Crippen LogP contribution in [0.3, 0.4) is 0 Å². The molecule has 2 fully saturated rings. The number of amides is 1. The second-order valence-electron chi connectivity index (χ2n) is 4.05. The molecule has 0 radical (unpaired) electrons. The third-order valence-corrected chi connectivity index (χ3v) is 4.26. The average Bonchev–Trinajstić information content (AvgIpc) is 2.72. The number of carbonyl (C=O) groups excluding carboxylic acids is 1. The standard InChI is InChI=1S/C10H18N2OS/c13-10(9-3-1-2-6-14-9)12-8-4-5-11-7-8/h8-9,11H,1-7H2,(H,12,13)/t8-,9?/m1/s1. The van der Waals surface area contributed by atoms with Gasteiger partial charge in [0.1, 0.15) is 0 Å². The Morgan fingerprint density at radius 3 is 2.93 bits per heavy atom. The molecule has 0 spiro atoms. The number of rotatable bonds is 2. The first-order valence-corrected chi connectivity index (χ1v) is 6.54. The van der Waals surface area contributed by atoms with Gasteiger partial charge in [0.05, 0.1) is 5.25 Å². The van der Waals surface area contributed by atoms with Crippen LogP contribution in [0.15, 0.2) is 0 Å². The molecule has 0 aromatic rings. The van der Waals surface area contributed by atoms with Crippen molar-refractivity contribution in [1.82, 2.24) is 10.6 Å². The van der Waals surface area contributed by atoms with E-state index in [2.05, 4.69) is 10.6 Å². The smallest absolute Gasteiger partial charge is 0.233 e. The minimum Gasteiger partial charge on any atom is -0.351 e. The molecule has 1 amide bonds. The first kappa shape index (κ1) is 10.3. The lowest BCUT2D eigenvalue weighted by Crippen LogP contribution is -2.42. The van der Waals surface area contributed by atoms with E-state index in [0.717, 1.165) is 31.7 Å². The summed E-state index contributed by atoms with van der Waals surface area (Å²) in [6, 6.07) is 0.380. The quantitative estimate of drug-likeness (QED) is 0.713. The molecule has 0 aromatic heterocycles. The first-order chi connectivity index (χ1) is 6.86. The predicted octanol–water partition coefficient (Wildman–Crippen LogP) is 0.750. The Hall–Kier alpha value is -0.220. The van der Waals surface area contributed by atoms with Crippen molar-refractivity contribution in [3.05, 3.63) is 0 Å². The molecule has 2 aliphatic heterocycles. The Labute approximate surface area is 89.4 Å². The van der Waals surface area contributed by atoms with Crippen molar-refractivity contribution in [3.63, 3.8) is 0 Å². The number of thioether (sulfide) groups is 1. The molecule has 3 nitrogen and oxygen atoms in total. The van der Waals surface area contributed by atoms with Gasteiger partial charge in [0, 0.05) is 12.6 Å². The topological polar surface area (TPSA) is 41.1 Å². The van der Waals surface area contributed by atoms with Gasteiger partial charge < -0.3 is 10.6 Å². The highest BCUT2D eigenvalue weighted by atomic mass is 32.2. The van der Waals surface area contributed by atoms with Crippen molar-refractivity contribution in [2.75, 3.05) is 18.8 Å². The van der Waals surface area contributed by atoms with Crippen LogP contribution < -0.4 is 10.6 Å². The van der Waals surface area contributed by atoms with Gasteiger partial charge in [0.15, 0.2) is 0 Å². The van der Waals surface area contributed by atoms with Crippen molar-refractivity contribution in [2.45, 2.75) is 37.0 Å². The van der Waals surface area contributed by atoms with E-state index in [4.69, 9.17) is 0 Å². The lowest BCUT2D eigenvalue weighted by molar-refractivity contribution is -0.121. The highest BCUT2D eigenvalue weighted by Gasteiger charge is 2.24. The molecule has 2 atom stereocenters. The summed E-state index contributed by atoms with van der Waals surface area (Å²) >= 11 is 1.82. The van der Waals surface area contributed by atoms with Crippen LogP contribution in [0.25, 0.3) is 0 Å². The van der Waals surface area contributed by atoms with Gasteiger partial charge in [0.25, 0.3) is 0 Å². The van der Waals surface area contributed by atoms with E-state index in [1.54, 1.807) is 0 Å². The van der Waals surface area contributed by atoms with Crippen molar-refractivity contribution in [1.29, 1.82) is 0 Å². The van der Waals surface area contributed by atoms with Gasteiger partial charge in [-0.25, -0.2) is 0 Å². The molecule has 0 bridgehead atoms. The van der Waals surface area contributed by atoms with Crippen LogP contribution in [0.5, 0.6) is 0 Å². The first-order valence-electron chi connectivity index (χ1n) is 5.49. The molecule has 0 aliphatic carbocycles. The maximum Gasteiger partial charge on any atom is 0.233 e. The summed E-state index contributed by atoms with van der Waals surface area (Å²) in [6.07, 6.45) is 4.65. The van der Waals surface area contributed by atoms with Crippen molar-refractivity contribution in [3.8, 4) is 0 Å². The van der Waals surface area contributed by atoms with Gasteiger partial charge in [-0.15, -0.1) is 11.8 Å². The Kier molecular flexibility index (Phi) is 3.70. The molecule has 14 heavy (non-hydrogen) atoms. The molecule has 2 N–H and O–H groups in total. The zero-order valence-corrected chi connectivity index (χ0v) is 9.24. The van der Waals surface area contributed by atoms with Crippen LogP contribution in [0.2, 0.25) is 0 Å². The molecule has 2 rings (SSSR count). The van der Waals surface area contributed by atoms with Gasteiger partial charge in [0.2, 0.25) is 5.91 Å². The van der Waals surface area contributed by atoms with E-state index in [1.807, 2.05) is 11.8 Å². The summed E-state index contributed by atoms with van der Waals surface area (Å²) in [7, 11) is 0. The van der Waals surface area contributed by atoms with Crippen LogP contribution in [-0.2, 0) is 4.79 Å². The monoisotopic (exact) mass is 214 g/mol. The summed E-state index contributed by atoms with van der Waals surface area (Å²) in [5, 5.41) is 6.61. The number of carbonyl (C=O) groups is 1. The Bertz CT molecular complexity index is 198. The van der Waals surface area contributed by atoms with Crippen LogP contribution in [0, 0.1) is 0 Å². The number of hydrogen-bond donors (Lipinski definition) is 2. The fraction of sp³-hybridized carbons (Fsp3) is 0.900. The number of hydrogen-bond acceptors (Lipinski definition) is 3. The predicted molar refractivity (Wildman–Crippen MR) is 59.5 cm³/mol. The molecule has 80 valence electrons. The third kappa shape index (κ3) is 2.64. The zero-order chi connectivity index (χ0) is 9.80. The van der Waals surface area contributed by atoms with Crippen molar-refractivity contribution >= 4 is 17.7 Å². The van der Waals surface area contributed by atoms with Crippen molar-refractivity contribution in [2.24, 2.45) is 0 Å². The molecule has 2 heterocycles.